The second-order valence-corrected chi connectivity index (χ2v) is 5.23. The molecule has 0 radical (unpaired) electrons. The first-order valence-electron chi connectivity index (χ1n) is 3.68. The van der Waals surface area contributed by atoms with Crippen molar-refractivity contribution in [2.45, 2.75) is 31.4 Å². The van der Waals surface area contributed by atoms with Gasteiger partial charge < -0.3 is 0 Å². The Balaban J connectivity index is 2.49. The lowest BCUT2D eigenvalue weighted by atomic mass is 9.95. The lowest BCUT2D eigenvalue weighted by Gasteiger charge is -2.31. The first kappa shape index (κ1) is 7.94. The van der Waals surface area contributed by atoms with Crippen molar-refractivity contribution in [1.29, 1.82) is 5.26 Å². The normalized spacial score (nSPS) is 31.1. The molecular formula is C8H13NS. The Labute approximate surface area is 66.8 Å². The second kappa shape index (κ2) is 2.84. The Bertz CT molecular complexity index is 157. The van der Waals surface area contributed by atoms with Crippen LogP contribution in [-0.2, 0) is 0 Å². The van der Waals surface area contributed by atoms with Gasteiger partial charge in [0.2, 0.25) is 0 Å². The maximum absolute atomic E-state index is 8.66. The Kier molecular flexibility index (Phi) is 2.25. The highest BCUT2D eigenvalue weighted by Gasteiger charge is 2.28. The van der Waals surface area contributed by atoms with Crippen LogP contribution in [0.25, 0.3) is 0 Å². The van der Waals surface area contributed by atoms with E-state index >= 15 is 0 Å². The molecule has 0 aromatic carbocycles. The third-order valence-corrected chi connectivity index (χ3v) is 3.27. The first-order valence-corrected chi connectivity index (χ1v) is 4.66. The topological polar surface area (TPSA) is 23.8 Å². The van der Waals surface area contributed by atoms with Crippen LogP contribution < -0.4 is 0 Å². The van der Waals surface area contributed by atoms with Crippen molar-refractivity contribution < 1.29 is 0 Å². The van der Waals surface area contributed by atoms with Gasteiger partial charge in [0.05, 0.1) is 6.07 Å². The average Bonchev–Trinajstić information content (AvgIpc) is 1.86. The van der Waals surface area contributed by atoms with Gasteiger partial charge in [-0.1, -0.05) is 13.8 Å². The molecule has 0 aromatic heterocycles. The summed E-state index contributed by atoms with van der Waals surface area (Å²) in [6.07, 6.45) is 2.15. The van der Waals surface area contributed by atoms with Gasteiger partial charge in [0.1, 0.15) is 0 Å². The second-order valence-electron chi connectivity index (χ2n) is 3.43. The van der Waals surface area contributed by atoms with Gasteiger partial charge in [0.25, 0.3) is 0 Å². The van der Waals surface area contributed by atoms with Gasteiger partial charge in [-0.3, -0.25) is 0 Å². The summed E-state index contributed by atoms with van der Waals surface area (Å²) in [5, 5.41) is 8.66. The molecule has 1 unspecified atom stereocenters. The van der Waals surface area contributed by atoms with E-state index in [4.69, 9.17) is 5.26 Å². The molecule has 56 valence electrons. The summed E-state index contributed by atoms with van der Waals surface area (Å²) in [5.41, 5.74) is 0. The predicted molar refractivity (Wildman–Crippen MR) is 44.9 cm³/mol. The van der Waals surface area contributed by atoms with Gasteiger partial charge in [-0.15, -0.1) is 0 Å². The molecule has 0 aromatic rings. The van der Waals surface area contributed by atoms with E-state index in [9.17, 15) is 0 Å². The monoisotopic (exact) mass is 155 g/mol. The Morgan fingerprint density at radius 1 is 1.60 bits per heavy atom. The van der Waals surface area contributed by atoms with Gasteiger partial charge in [0, 0.05) is 10.7 Å². The molecule has 2 heteroatoms. The average molecular weight is 155 g/mol. The summed E-state index contributed by atoms with van der Waals surface area (Å²) in [6.45, 7) is 4.45. The minimum atomic E-state index is 0.316. The van der Waals surface area contributed by atoms with Crippen molar-refractivity contribution in [3.63, 3.8) is 0 Å². The number of thioether (sulfide) groups is 1. The lowest BCUT2D eigenvalue weighted by Crippen LogP contribution is -2.25. The molecule has 0 aliphatic carbocycles. The molecule has 1 nitrogen and oxygen atoms in total. The standard InChI is InChI=1S/C8H13NS/c1-8(2)5-7(6-9)3-4-10-8/h7H,3-5H2,1-2H3. The zero-order valence-electron chi connectivity index (χ0n) is 6.55. The summed E-state index contributed by atoms with van der Waals surface area (Å²) in [7, 11) is 0. The Morgan fingerprint density at radius 2 is 2.30 bits per heavy atom. The van der Waals surface area contributed by atoms with Crippen molar-refractivity contribution >= 4 is 11.8 Å². The van der Waals surface area contributed by atoms with Crippen LogP contribution in [-0.4, -0.2) is 10.5 Å². The van der Waals surface area contributed by atoms with Crippen molar-refractivity contribution in [3.05, 3.63) is 0 Å². The molecule has 1 saturated heterocycles. The highest BCUT2D eigenvalue weighted by Crippen LogP contribution is 2.38. The molecule has 1 fully saturated rings. The van der Waals surface area contributed by atoms with Crippen LogP contribution in [0.2, 0.25) is 0 Å². The number of hydrogen-bond donors (Lipinski definition) is 0. The molecule has 1 rings (SSSR count). The van der Waals surface area contributed by atoms with E-state index in [1.165, 1.54) is 0 Å². The van der Waals surface area contributed by atoms with Crippen LogP contribution in [0.5, 0.6) is 0 Å². The van der Waals surface area contributed by atoms with Crippen LogP contribution in [0, 0.1) is 17.2 Å². The van der Waals surface area contributed by atoms with Crippen molar-refractivity contribution in [1.82, 2.24) is 0 Å². The Hall–Kier alpha value is -0.160. The van der Waals surface area contributed by atoms with E-state index in [1.807, 2.05) is 11.8 Å². The zero-order valence-corrected chi connectivity index (χ0v) is 7.37. The number of hydrogen-bond acceptors (Lipinski definition) is 2. The van der Waals surface area contributed by atoms with E-state index in [0.717, 1.165) is 18.6 Å². The van der Waals surface area contributed by atoms with E-state index < -0.39 is 0 Å². The van der Waals surface area contributed by atoms with Gasteiger partial charge in [-0.05, 0) is 18.6 Å². The molecule has 0 spiro atoms. The zero-order chi connectivity index (χ0) is 7.61. The minimum Gasteiger partial charge on any atom is -0.198 e. The number of nitriles is 1. The van der Waals surface area contributed by atoms with E-state index in [1.54, 1.807) is 0 Å². The van der Waals surface area contributed by atoms with Crippen LogP contribution in [0.3, 0.4) is 0 Å². The molecule has 1 heterocycles. The van der Waals surface area contributed by atoms with Crippen LogP contribution in [0.1, 0.15) is 26.7 Å². The molecule has 0 amide bonds. The molecule has 0 N–H and O–H groups in total. The third kappa shape index (κ3) is 1.91. The van der Waals surface area contributed by atoms with E-state index in [0.29, 0.717) is 10.7 Å². The fourth-order valence-corrected chi connectivity index (χ4v) is 2.62. The van der Waals surface area contributed by atoms with Crippen molar-refractivity contribution in [2.75, 3.05) is 5.75 Å². The fourth-order valence-electron chi connectivity index (χ4n) is 1.34. The lowest BCUT2D eigenvalue weighted by molar-refractivity contribution is 0.489. The highest BCUT2D eigenvalue weighted by atomic mass is 32.2. The maximum atomic E-state index is 8.66. The minimum absolute atomic E-state index is 0.316. The molecule has 0 bridgehead atoms. The fraction of sp³-hybridized carbons (Fsp3) is 0.875. The maximum Gasteiger partial charge on any atom is 0.0656 e. The molecule has 1 atom stereocenters. The summed E-state index contributed by atoms with van der Waals surface area (Å²) in [4.78, 5) is 0. The van der Waals surface area contributed by atoms with E-state index in [-0.39, 0.29) is 0 Å². The number of rotatable bonds is 0. The highest BCUT2D eigenvalue weighted by molar-refractivity contribution is 8.00. The van der Waals surface area contributed by atoms with Gasteiger partial charge in [0.15, 0.2) is 0 Å². The van der Waals surface area contributed by atoms with E-state index in [2.05, 4.69) is 19.9 Å². The Morgan fingerprint density at radius 3 is 2.70 bits per heavy atom. The quantitative estimate of drug-likeness (QED) is 0.536. The smallest absolute Gasteiger partial charge is 0.0656 e. The SMILES string of the molecule is CC1(C)CC(C#N)CCS1. The number of nitrogens with zero attached hydrogens (tertiary/aromatic N) is 1. The summed E-state index contributed by atoms with van der Waals surface area (Å²) < 4.78 is 0.346. The molecule has 10 heavy (non-hydrogen) atoms. The van der Waals surface area contributed by atoms with Crippen LogP contribution >= 0.6 is 11.8 Å². The van der Waals surface area contributed by atoms with Gasteiger partial charge in [-0.2, -0.15) is 17.0 Å². The van der Waals surface area contributed by atoms with Crippen LogP contribution in [0.4, 0.5) is 0 Å². The summed E-state index contributed by atoms with van der Waals surface area (Å²) in [6, 6.07) is 2.35. The first-order chi connectivity index (χ1) is 4.64. The van der Waals surface area contributed by atoms with Gasteiger partial charge in [-0.25, -0.2) is 0 Å². The molecule has 0 saturated carbocycles. The third-order valence-electron chi connectivity index (χ3n) is 1.88. The largest absolute Gasteiger partial charge is 0.198 e. The van der Waals surface area contributed by atoms with Crippen molar-refractivity contribution in [2.24, 2.45) is 5.92 Å². The molecule has 1 aliphatic heterocycles. The van der Waals surface area contributed by atoms with Crippen molar-refractivity contribution in [3.8, 4) is 6.07 Å². The summed E-state index contributed by atoms with van der Waals surface area (Å²) in [5.74, 6) is 1.47. The van der Waals surface area contributed by atoms with Crippen LogP contribution in [0.15, 0.2) is 0 Å². The molecule has 1 aliphatic rings. The van der Waals surface area contributed by atoms with Gasteiger partial charge >= 0.3 is 0 Å². The summed E-state index contributed by atoms with van der Waals surface area (Å²) >= 11 is 1.99. The predicted octanol–water partition coefficient (Wildman–Crippen LogP) is 2.43. The molecular weight excluding hydrogens is 142 g/mol.